The van der Waals surface area contributed by atoms with Gasteiger partial charge in [-0.2, -0.15) is 4.31 Å². The highest BCUT2D eigenvalue weighted by atomic mass is 32.2. The maximum absolute atomic E-state index is 13.2. The van der Waals surface area contributed by atoms with Gasteiger partial charge in [0.2, 0.25) is 21.8 Å². The van der Waals surface area contributed by atoms with Crippen LogP contribution in [-0.4, -0.2) is 49.7 Å². The van der Waals surface area contributed by atoms with E-state index in [1.54, 1.807) is 30.3 Å². The third-order valence-corrected chi connectivity index (χ3v) is 8.10. The van der Waals surface area contributed by atoms with E-state index in [4.69, 9.17) is 0 Å². The van der Waals surface area contributed by atoms with E-state index < -0.39 is 16.1 Å². The summed E-state index contributed by atoms with van der Waals surface area (Å²) in [7, 11) is -3.65. The number of nitrogens with zero attached hydrogens (tertiary/aromatic N) is 1. The minimum absolute atomic E-state index is 0.213. The number of benzene rings is 3. The van der Waals surface area contributed by atoms with Gasteiger partial charge in [0.05, 0.1) is 4.90 Å². The number of nitrogens with one attached hydrogen (secondary N) is 2. The van der Waals surface area contributed by atoms with E-state index in [9.17, 15) is 22.4 Å². The van der Waals surface area contributed by atoms with Crippen LogP contribution < -0.4 is 10.6 Å². The normalized spacial score (nSPS) is 16.1. The molecule has 0 aromatic heterocycles. The lowest BCUT2D eigenvalue weighted by molar-refractivity contribution is -0.128. The van der Waals surface area contributed by atoms with Crippen LogP contribution in [0, 0.1) is 5.82 Å². The molecule has 1 atom stereocenters. The van der Waals surface area contributed by atoms with Gasteiger partial charge in [-0.05, 0) is 53.4 Å². The van der Waals surface area contributed by atoms with Crippen LogP contribution in [0.3, 0.4) is 0 Å². The molecule has 1 aliphatic heterocycles. The van der Waals surface area contributed by atoms with Crippen molar-refractivity contribution in [1.82, 2.24) is 14.9 Å². The average Bonchev–Trinajstić information content (AvgIpc) is 2.84. The topological polar surface area (TPSA) is 95.6 Å². The molecule has 4 rings (SSSR count). The van der Waals surface area contributed by atoms with Gasteiger partial charge in [0.1, 0.15) is 11.9 Å². The Morgan fingerprint density at radius 1 is 1.00 bits per heavy atom. The van der Waals surface area contributed by atoms with Crippen LogP contribution in [0.1, 0.15) is 25.3 Å². The summed E-state index contributed by atoms with van der Waals surface area (Å²) in [6.07, 6.45) is 1.14. The Kier molecular flexibility index (Phi) is 7.47. The zero-order valence-corrected chi connectivity index (χ0v) is 20.2. The first-order chi connectivity index (χ1) is 16.7. The van der Waals surface area contributed by atoms with Crippen molar-refractivity contribution in [3.63, 3.8) is 0 Å². The lowest BCUT2D eigenvalue weighted by atomic mass is 10.0. The Bertz CT molecular complexity index is 1320. The fourth-order valence-electron chi connectivity index (χ4n) is 4.33. The molecule has 3 aromatic carbocycles. The summed E-state index contributed by atoms with van der Waals surface area (Å²) >= 11 is 0. The average molecular weight is 498 g/mol. The van der Waals surface area contributed by atoms with Crippen molar-refractivity contribution in [2.45, 2.75) is 43.2 Å². The fourth-order valence-corrected chi connectivity index (χ4v) is 5.84. The van der Waals surface area contributed by atoms with Gasteiger partial charge >= 0.3 is 0 Å². The van der Waals surface area contributed by atoms with Crippen LogP contribution in [-0.2, 0) is 26.0 Å². The Balaban J connectivity index is 1.38. The zero-order valence-electron chi connectivity index (χ0n) is 19.4. The first-order valence-electron chi connectivity index (χ1n) is 11.5. The van der Waals surface area contributed by atoms with Crippen molar-refractivity contribution in [2.24, 2.45) is 0 Å². The van der Waals surface area contributed by atoms with E-state index in [0.29, 0.717) is 12.8 Å². The van der Waals surface area contributed by atoms with Crippen molar-refractivity contribution in [2.75, 3.05) is 13.1 Å². The van der Waals surface area contributed by atoms with Crippen molar-refractivity contribution in [3.05, 3.63) is 78.1 Å². The highest BCUT2D eigenvalue weighted by Gasteiger charge is 2.31. The lowest BCUT2D eigenvalue weighted by Gasteiger charge is -2.32. The first kappa shape index (κ1) is 24.8. The summed E-state index contributed by atoms with van der Waals surface area (Å²) in [5.41, 5.74) is 0.719. The number of piperidine rings is 1. The molecule has 0 saturated carbocycles. The van der Waals surface area contributed by atoms with Gasteiger partial charge < -0.3 is 10.6 Å². The number of amides is 2. The Hall–Kier alpha value is -3.30. The molecule has 35 heavy (non-hydrogen) atoms. The van der Waals surface area contributed by atoms with E-state index in [-0.39, 0.29) is 48.1 Å². The largest absolute Gasteiger partial charge is 0.351 e. The van der Waals surface area contributed by atoms with E-state index in [1.807, 2.05) is 24.3 Å². The predicted octanol–water partition coefficient (Wildman–Crippen LogP) is 3.00. The van der Waals surface area contributed by atoms with Crippen molar-refractivity contribution in [1.29, 1.82) is 0 Å². The second kappa shape index (κ2) is 10.5. The third kappa shape index (κ3) is 6.04. The standard InChI is InChI=1S/C26H28FN3O4S/c1-18(31)28-25(16-19-6-9-22(27)10-7-19)26(32)29-23-12-14-30(15-13-23)35(33,34)24-11-8-20-4-2-3-5-21(20)17-24/h2-11,17,23,25H,12-16H2,1H3,(H,28,31)(H,29,32)/t25-/m1/s1. The highest BCUT2D eigenvalue weighted by Crippen LogP contribution is 2.24. The van der Waals surface area contributed by atoms with Crippen molar-refractivity contribution >= 4 is 32.6 Å². The minimum Gasteiger partial charge on any atom is -0.351 e. The molecular formula is C26H28FN3O4S. The molecule has 9 heteroatoms. The number of fused-ring (bicyclic) bond motifs is 1. The third-order valence-electron chi connectivity index (χ3n) is 6.21. The molecule has 0 unspecified atom stereocenters. The first-order valence-corrected chi connectivity index (χ1v) is 13.0. The number of rotatable bonds is 7. The molecule has 1 aliphatic rings. The summed E-state index contributed by atoms with van der Waals surface area (Å²) < 4.78 is 41.0. The number of halogens is 1. The molecule has 1 heterocycles. The van der Waals surface area contributed by atoms with E-state index in [2.05, 4.69) is 10.6 Å². The highest BCUT2D eigenvalue weighted by molar-refractivity contribution is 7.89. The van der Waals surface area contributed by atoms with Gasteiger partial charge in [-0.15, -0.1) is 0 Å². The second-order valence-corrected chi connectivity index (χ2v) is 10.7. The zero-order chi connectivity index (χ0) is 25.0. The molecule has 0 radical (unpaired) electrons. The molecule has 0 aliphatic carbocycles. The molecule has 0 bridgehead atoms. The van der Waals surface area contributed by atoms with Crippen LogP contribution >= 0.6 is 0 Å². The van der Waals surface area contributed by atoms with Crippen LogP contribution in [0.4, 0.5) is 4.39 Å². The van der Waals surface area contributed by atoms with Gasteiger partial charge in [-0.25, -0.2) is 12.8 Å². The predicted molar refractivity (Wildman–Crippen MR) is 132 cm³/mol. The molecule has 1 fully saturated rings. The van der Waals surface area contributed by atoms with E-state index >= 15 is 0 Å². The summed E-state index contributed by atoms with van der Waals surface area (Å²) in [5, 5.41) is 7.43. The number of carbonyl (C=O) groups excluding carboxylic acids is 2. The molecule has 2 N–H and O–H groups in total. The minimum atomic E-state index is -3.65. The maximum Gasteiger partial charge on any atom is 0.243 e. The van der Waals surface area contributed by atoms with Crippen LogP contribution in [0.5, 0.6) is 0 Å². The number of carbonyl (C=O) groups is 2. The molecule has 3 aromatic rings. The van der Waals surface area contributed by atoms with Gasteiger partial charge in [-0.1, -0.05) is 42.5 Å². The monoisotopic (exact) mass is 497 g/mol. The Labute approximate surface area is 204 Å². The molecule has 1 saturated heterocycles. The van der Waals surface area contributed by atoms with Crippen LogP contribution in [0.25, 0.3) is 10.8 Å². The SMILES string of the molecule is CC(=O)N[C@H](Cc1ccc(F)cc1)C(=O)NC1CCN(S(=O)(=O)c2ccc3ccccc3c2)CC1. The van der Waals surface area contributed by atoms with E-state index in [0.717, 1.165) is 16.3 Å². The van der Waals surface area contributed by atoms with Crippen LogP contribution in [0.2, 0.25) is 0 Å². The Morgan fingerprint density at radius 2 is 1.66 bits per heavy atom. The fraction of sp³-hybridized carbons (Fsp3) is 0.308. The van der Waals surface area contributed by atoms with Gasteiger partial charge in [0.15, 0.2) is 0 Å². The van der Waals surface area contributed by atoms with Gasteiger partial charge in [0, 0.05) is 32.5 Å². The van der Waals surface area contributed by atoms with Crippen molar-refractivity contribution in [3.8, 4) is 0 Å². The lowest BCUT2D eigenvalue weighted by Crippen LogP contribution is -2.53. The summed E-state index contributed by atoms with van der Waals surface area (Å²) in [4.78, 5) is 24.8. The smallest absolute Gasteiger partial charge is 0.243 e. The molecule has 7 nitrogen and oxygen atoms in total. The molecule has 2 amide bonds. The van der Waals surface area contributed by atoms with Crippen LogP contribution in [0.15, 0.2) is 71.6 Å². The molecule has 184 valence electrons. The second-order valence-electron chi connectivity index (χ2n) is 8.78. The van der Waals surface area contributed by atoms with Gasteiger partial charge in [-0.3, -0.25) is 9.59 Å². The molecular weight excluding hydrogens is 469 g/mol. The number of hydrogen-bond donors (Lipinski definition) is 2. The van der Waals surface area contributed by atoms with Crippen molar-refractivity contribution < 1.29 is 22.4 Å². The summed E-state index contributed by atoms with van der Waals surface area (Å²) in [6.45, 7) is 1.90. The van der Waals surface area contributed by atoms with E-state index in [1.165, 1.54) is 23.4 Å². The number of hydrogen-bond acceptors (Lipinski definition) is 4. The quantitative estimate of drug-likeness (QED) is 0.525. The Morgan fingerprint density at radius 3 is 2.31 bits per heavy atom. The maximum atomic E-state index is 13.2. The molecule has 0 spiro atoms. The summed E-state index contributed by atoms with van der Waals surface area (Å²) in [6, 6.07) is 17.5. The van der Waals surface area contributed by atoms with Gasteiger partial charge in [0.25, 0.3) is 0 Å². The number of sulfonamides is 1. The summed E-state index contributed by atoms with van der Waals surface area (Å²) in [5.74, 6) is -1.07.